The van der Waals surface area contributed by atoms with Crippen LogP contribution in [0.4, 0.5) is 18.9 Å². The SMILES string of the molecule is OC1(c2ccccc2OC(F)(F)F)CNc2ccc(Cl)cc21. The zero-order chi connectivity index (χ0) is 16.0. The number of benzene rings is 2. The topological polar surface area (TPSA) is 41.5 Å². The Kier molecular flexibility index (Phi) is 3.45. The van der Waals surface area contributed by atoms with Gasteiger partial charge in [0, 0.05) is 21.8 Å². The molecule has 22 heavy (non-hydrogen) atoms. The molecule has 2 aromatic carbocycles. The normalized spacial score (nSPS) is 20.4. The van der Waals surface area contributed by atoms with Gasteiger partial charge >= 0.3 is 6.36 Å². The molecule has 0 aliphatic carbocycles. The van der Waals surface area contributed by atoms with Crippen molar-refractivity contribution in [3.8, 4) is 5.75 Å². The van der Waals surface area contributed by atoms with Gasteiger partial charge in [0.25, 0.3) is 0 Å². The molecule has 0 fully saturated rings. The Balaban J connectivity index is 2.11. The van der Waals surface area contributed by atoms with Gasteiger partial charge < -0.3 is 15.2 Å². The Labute approximate surface area is 129 Å². The van der Waals surface area contributed by atoms with E-state index in [-0.39, 0.29) is 12.1 Å². The standard InChI is InChI=1S/C15H11ClF3NO2/c16-9-5-6-12-11(7-9)14(21,8-20-12)10-3-1-2-4-13(10)22-15(17,18)19/h1-7,20-21H,8H2. The van der Waals surface area contributed by atoms with Crippen molar-refractivity contribution in [3.63, 3.8) is 0 Å². The van der Waals surface area contributed by atoms with Gasteiger partial charge in [-0.2, -0.15) is 0 Å². The fraction of sp³-hybridized carbons (Fsp3) is 0.200. The van der Waals surface area contributed by atoms with E-state index in [1.165, 1.54) is 24.3 Å². The van der Waals surface area contributed by atoms with E-state index in [0.717, 1.165) is 0 Å². The Morgan fingerprint density at radius 2 is 1.86 bits per heavy atom. The number of alkyl halides is 3. The number of ether oxygens (including phenoxy) is 1. The largest absolute Gasteiger partial charge is 0.573 e. The van der Waals surface area contributed by atoms with Crippen LogP contribution in [0.15, 0.2) is 42.5 Å². The third-order valence-corrected chi connectivity index (χ3v) is 3.76. The number of fused-ring (bicyclic) bond motifs is 1. The molecule has 1 atom stereocenters. The van der Waals surface area contributed by atoms with Crippen LogP contribution in [0.1, 0.15) is 11.1 Å². The number of β-amino-alcohol motifs (C(OH)–C–C–N with tert-alkyl or cyclic N) is 1. The van der Waals surface area contributed by atoms with E-state index in [1.54, 1.807) is 18.2 Å². The van der Waals surface area contributed by atoms with Crippen LogP contribution < -0.4 is 10.1 Å². The van der Waals surface area contributed by atoms with Gasteiger partial charge in [0.05, 0.1) is 6.54 Å². The Morgan fingerprint density at radius 1 is 1.14 bits per heavy atom. The number of anilines is 1. The molecule has 0 bridgehead atoms. The lowest BCUT2D eigenvalue weighted by molar-refractivity contribution is -0.275. The van der Waals surface area contributed by atoms with E-state index in [0.29, 0.717) is 16.3 Å². The van der Waals surface area contributed by atoms with Crippen LogP contribution >= 0.6 is 11.6 Å². The minimum atomic E-state index is -4.84. The number of hydrogen-bond acceptors (Lipinski definition) is 3. The van der Waals surface area contributed by atoms with Crippen molar-refractivity contribution in [2.45, 2.75) is 12.0 Å². The van der Waals surface area contributed by atoms with Gasteiger partial charge in [-0.3, -0.25) is 0 Å². The lowest BCUT2D eigenvalue weighted by Crippen LogP contribution is -2.31. The highest BCUT2D eigenvalue weighted by atomic mass is 35.5. The number of nitrogens with one attached hydrogen (secondary N) is 1. The van der Waals surface area contributed by atoms with Crippen LogP contribution in [0.2, 0.25) is 5.02 Å². The maximum absolute atomic E-state index is 12.6. The minimum Gasteiger partial charge on any atom is -0.405 e. The first-order valence-corrected chi connectivity index (χ1v) is 6.79. The summed E-state index contributed by atoms with van der Waals surface area (Å²) < 4.78 is 41.7. The van der Waals surface area contributed by atoms with E-state index >= 15 is 0 Å². The number of para-hydroxylation sites is 1. The van der Waals surface area contributed by atoms with Crippen molar-refractivity contribution in [1.29, 1.82) is 0 Å². The van der Waals surface area contributed by atoms with E-state index in [1.807, 2.05) is 0 Å². The Hall–Kier alpha value is -1.92. The summed E-state index contributed by atoms with van der Waals surface area (Å²) in [7, 11) is 0. The predicted molar refractivity (Wildman–Crippen MR) is 76.1 cm³/mol. The van der Waals surface area contributed by atoms with Crippen LogP contribution in [-0.2, 0) is 5.60 Å². The highest BCUT2D eigenvalue weighted by molar-refractivity contribution is 6.30. The molecule has 0 amide bonds. The molecule has 116 valence electrons. The molecule has 1 heterocycles. The quantitative estimate of drug-likeness (QED) is 0.878. The lowest BCUT2D eigenvalue weighted by atomic mass is 9.87. The van der Waals surface area contributed by atoms with E-state index in [9.17, 15) is 18.3 Å². The maximum Gasteiger partial charge on any atom is 0.573 e. The van der Waals surface area contributed by atoms with Crippen molar-refractivity contribution in [1.82, 2.24) is 0 Å². The highest BCUT2D eigenvalue weighted by Crippen LogP contribution is 2.44. The van der Waals surface area contributed by atoms with E-state index in [2.05, 4.69) is 10.1 Å². The summed E-state index contributed by atoms with van der Waals surface area (Å²) in [6.45, 7) is 0.0287. The second-order valence-electron chi connectivity index (χ2n) is 4.95. The smallest absolute Gasteiger partial charge is 0.405 e. The molecule has 3 nitrogen and oxygen atoms in total. The zero-order valence-electron chi connectivity index (χ0n) is 11.1. The summed E-state index contributed by atoms with van der Waals surface area (Å²) in [5.74, 6) is -0.438. The fourth-order valence-electron chi connectivity index (χ4n) is 2.59. The molecule has 7 heteroatoms. The van der Waals surface area contributed by atoms with Gasteiger partial charge in [-0.25, -0.2) is 0 Å². The average molecular weight is 330 g/mol. The predicted octanol–water partition coefficient (Wildman–Crippen LogP) is 3.90. The van der Waals surface area contributed by atoms with Gasteiger partial charge in [0.2, 0.25) is 0 Å². The molecule has 0 aromatic heterocycles. The molecule has 0 spiro atoms. The average Bonchev–Trinajstić information content (AvgIpc) is 2.76. The number of hydrogen-bond donors (Lipinski definition) is 2. The van der Waals surface area contributed by atoms with Gasteiger partial charge in [0.1, 0.15) is 11.4 Å². The van der Waals surface area contributed by atoms with Crippen molar-refractivity contribution < 1.29 is 23.0 Å². The summed E-state index contributed by atoms with van der Waals surface area (Å²) in [5.41, 5.74) is -0.588. The first-order valence-electron chi connectivity index (χ1n) is 6.41. The number of halogens is 4. The monoisotopic (exact) mass is 329 g/mol. The van der Waals surface area contributed by atoms with Gasteiger partial charge in [-0.1, -0.05) is 29.8 Å². The highest BCUT2D eigenvalue weighted by Gasteiger charge is 2.42. The molecule has 0 radical (unpaired) electrons. The number of rotatable bonds is 2. The minimum absolute atomic E-state index is 0.0286. The molecule has 2 N–H and O–H groups in total. The maximum atomic E-state index is 12.6. The summed E-state index contributed by atoms with van der Waals surface area (Å²) in [4.78, 5) is 0. The van der Waals surface area contributed by atoms with Crippen LogP contribution in [0, 0.1) is 0 Å². The second-order valence-corrected chi connectivity index (χ2v) is 5.38. The summed E-state index contributed by atoms with van der Waals surface area (Å²) >= 11 is 5.93. The molecule has 0 saturated carbocycles. The zero-order valence-corrected chi connectivity index (χ0v) is 11.9. The van der Waals surface area contributed by atoms with Crippen molar-refractivity contribution in [2.75, 3.05) is 11.9 Å². The van der Waals surface area contributed by atoms with Crippen molar-refractivity contribution in [2.24, 2.45) is 0 Å². The molecular formula is C15H11ClF3NO2. The summed E-state index contributed by atoms with van der Waals surface area (Å²) in [6, 6.07) is 10.4. The van der Waals surface area contributed by atoms with Crippen molar-refractivity contribution in [3.05, 3.63) is 58.6 Å². The summed E-state index contributed by atoms with van der Waals surface area (Å²) in [5, 5.41) is 14.3. The molecule has 0 saturated heterocycles. The molecule has 3 rings (SSSR count). The lowest BCUT2D eigenvalue weighted by Gasteiger charge is -2.26. The van der Waals surface area contributed by atoms with Gasteiger partial charge in [0.15, 0.2) is 0 Å². The molecule has 1 aliphatic rings. The van der Waals surface area contributed by atoms with Gasteiger partial charge in [-0.05, 0) is 24.3 Å². The van der Waals surface area contributed by atoms with E-state index in [4.69, 9.17) is 11.6 Å². The molecule has 1 unspecified atom stereocenters. The van der Waals surface area contributed by atoms with Crippen molar-refractivity contribution >= 4 is 17.3 Å². The first kappa shape index (κ1) is 15.0. The Morgan fingerprint density at radius 3 is 2.59 bits per heavy atom. The Bertz CT molecular complexity index is 720. The number of aliphatic hydroxyl groups is 1. The van der Waals surface area contributed by atoms with Crippen LogP contribution in [-0.4, -0.2) is 18.0 Å². The van der Waals surface area contributed by atoms with Crippen LogP contribution in [0.3, 0.4) is 0 Å². The fourth-order valence-corrected chi connectivity index (χ4v) is 2.77. The molecule has 1 aliphatic heterocycles. The van der Waals surface area contributed by atoms with Crippen LogP contribution in [0.25, 0.3) is 0 Å². The summed E-state index contributed by atoms with van der Waals surface area (Å²) in [6.07, 6.45) is -4.84. The first-order chi connectivity index (χ1) is 10.3. The third kappa shape index (κ3) is 2.60. The van der Waals surface area contributed by atoms with E-state index < -0.39 is 17.7 Å². The third-order valence-electron chi connectivity index (χ3n) is 3.52. The van der Waals surface area contributed by atoms with Crippen LogP contribution in [0.5, 0.6) is 5.75 Å². The van der Waals surface area contributed by atoms with Gasteiger partial charge in [-0.15, -0.1) is 13.2 Å². The molecular weight excluding hydrogens is 319 g/mol. The second kappa shape index (κ2) is 5.07. The molecule has 2 aromatic rings.